The lowest BCUT2D eigenvalue weighted by Gasteiger charge is -2.44. The molecule has 2 atom stereocenters. The number of aliphatic carboxylic acids is 1. The average molecular weight is 661 g/mol. The van der Waals surface area contributed by atoms with Crippen LogP contribution in [-0.4, -0.2) is 33.0 Å². The van der Waals surface area contributed by atoms with Gasteiger partial charge < -0.3 is 15.0 Å². The molecule has 0 saturated heterocycles. The van der Waals surface area contributed by atoms with Crippen LogP contribution < -0.4 is 15.6 Å². The summed E-state index contributed by atoms with van der Waals surface area (Å²) in [7, 11) is 0. The van der Waals surface area contributed by atoms with E-state index in [1.165, 1.54) is 0 Å². The normalized spacial score (nSPS) is 24.3. The Morgan fingerprint density at radius 3 is 1.84 bits per heavy atom. The second kappa shape index (κ2) is 12.3. The number of rotatable bonds is 5. The van der Waals surface area contributed by atoms with Gasteiger partial charge in [0.05, 0.1) is 28.7 Å². The quantitative estimate of drug-likeness (QED) is 0.206. The smallest absolute Gasteiger partial charge is 0.335 e. The third-order valence-electron chi connectivity index (χ3n) is 9.80. The van der Waals surface area contributed by atoms with Crippen LogP contribution in [0.3, 0.4) is 0 Å². The number of carbonyl (C=O) groups is 1. The lowest BCUT2D eigenvalue weighted by molar-refractivity contribution is -0.141. The van der Waals surface area contributed by atoms with E-state index in [9.17, 15) is 9.90 Å². The summed E-state index contributed by atoms with van der Waals surface area (Å²) in [5.74, 6) is -1.68. The molecule has 9 rings (SSSR count). The van der Waals surface area contributed by atoms with Crippen LogP contribution in [0.15, 0.2) is 191 Å². The van der Waals surface area contributed by atoms with E-state index in [1.807, 2.05) is 169 Å². The summed E-state index contributed by atoms with van der Waals surface area (Å²) in [6.45, 7) is 0. The molecule has 0 radical (unpaired) electrons. The van der Waals surface area contributed by atoms with Gasteiger partial charge >= 0.3 is 5.97 Å². The number of allylic oxidation sites excluding steroid dienone is 5. The third-order valence-corrected chi connectivity index (χ3v) is 9.80. The number of fused-ring (bicyclic) bond motifs is 6. The van der Waals surface area contributed by atoms with Gasteiger partial charge in [-0.2, -0.15) is 0 Å². The van der Waals surface area contributed by atoms with Crippen molar-refractivity contribution in [2.75, 3.05) is 4.90 Å². The predicted molar refractivity (Wildman–Crippen MR) is 205 cm³/mol. The molecule has 4 aliphatic heterocycles. The van der Waals surface area contributed by atoms with Crippen molar-refractivity contribution >= 4 is 46.4 Å². The molecule has 5 aromatic rings. The summed E-state index contributed by atoms with van der Waals surface area (Å²) in [5, 5.41) is 14.0. The molecule has 51 heavy (non-hydrogen) atoms. The van der Waals surface area contributed by atoms with Crippen molar-refractivity contribution in [2.45, 2.75) is 11.5 Å². The number of aromatic nitrogens is 1. The summed E-state index contributed by atoms with van der Waals surface area (Å²) < 4.78 is 0. The number of aromatic amines is 1. The van der Waals surface area contributed by atoms with E-state index in [4.69, 9.17) is 9.98 Å². The van der Waals surface area contributed by atoms with Crippen LogP contribution in [0, 0.1) is 0 Å². The second-order valence-electron chi connectivity index (χ2n) is 12.8. The van der Waals surface area contributed by atoms with E-state index >= 15 is 0 Å². The molecule has 244 valence electrons. The van der Waals surface area contributed by atoms with Crippen molar-refractivity contribution in [1.82, 2.24) is 4.98 Å². The van der Waals surface area contributed by atoms with Gasteiger partial charge in [0, 0.05) is 27.7 Å². The second-order valence-corrected chi connectivity index (χ2v) is 12.8. The molecular formula is C45H32N4O2. The first-order valence-electron chi connectivity index (χ1n) is 17.0. The molecule has 4 aromatic carbocycles. The van der Waals surface area contributed by atoms with Gasteiger partial charge in [0.1, 0.15) is 0 Å². The Labute approximate surface area is 295 Å². The Hall–Kier alpha value is -6.79. The largest absolute Gasteiger partial charge is 0.479 e. The van der Waals surface area contributed by atoms with E-state index in [1.54, 1.807) is 0 Å². The molecule has 0 amide bonds. The minimum Gasteiger partial charge on any atom is -0.479 e. The van der Waals surface area contributed by atoms with Crippen molar-refractivity contribution in [2.24, 2.45) is 9.98 Å². The summed E-state index contributed by atoms with van der Waals surface area (Å²) >= 11 is 0. The molecule has 0 fully saturated rings. The Kier molecular flexibility index (Phi) is 7.29. The summed E-state index contributed by atoms with van der Waals surface area (Å²) in [6.07, 6.45) is 13.9. The number of nitrogens with zero attached hydrogens (tertiary/aromatic N) is 3. The highest BCUT2D eigenvalue weighted by Crippen LogP contribution is 2.60. The minimum atomic E-state index is -1.72. The highest BCUT2D eigenvalue weighted by molar-refractivity contribution is 6.21. The van der Waals surface area contributed by atoms with Gasteiger partial charge in [0.25, 0.3) is 0 Å². The lowest BCUT2D eigenvalue weighted by atomic mass is 9.68. The molecule has 6 nitrogen and oxygen atoms in total. The fraction of sp³-hybridized carbons (Fsp3) is 0.0444. The SMILES string of the molecule is O=C(O)C12/C(c3ccccc3)=C3/C=CC(=N3)/C=c3/cc/c([nH]3)=C/C3=NC(=C\C(=C(c4ccccc4)C1c1ccccc1)N2c1ccccc1)/C=C3. The zero-order valence-corrected chi connectivity index (χ0v) is 27.5. The van der Waals surface area contributed by atoms with Gasteiger partial charge in [-0.25, -0.2) is 14.8 Å². The first kappa shape index (κ1) is 30.3. The molecule has 6 heteroatoms. The van der Waals surface area contributed by atoms with Crippen LogP contribution in [0.25, 0.3) is 23.3 Å². The Morgan fingerprint density at radius 1 is 0.627 bits per heavy atom. The summed E-state index contributed by atoms with van der Waals surface area (Å²) in [5.41, 5.74) is 6.62. The maximum absolute atomic E-state index is 15.0. The fourth-order valence-corrected chi connectivity index (χ4v) is 7.80. The van der Waals surface area contributed by atoms with Crippen LogP contribution in [0.2, 0.25) is 0 Å². The van der Waals surface area contributed by atoms with Crippen molar-refractivity contribution in [3.8, 4) is 0 Å². The fourth-order valence-electron chi connectivity index (χ4n) is 7.80. The number of carboxylic acids is 1. The van der Waals surface area contributed by atoms with E-state index in [-0.39, 0.29) is 0 Å². The molecule has 5 heterocycles. The first-order valence-corrected chi connectivity index (χ1v) is 17.0. The van der Waals surface area contributed by atoms with Crippen LogP contribution >= 0.6 is 0 Å². The number of aliphatic imine (C=N–C) groups is 2. The molecule has 4 aliphatic rings. The molecule has 0 spiro atoms. The number of benzene rings is 4. The maximum atomic E-state index is 15.0. The van der Waals surface area contributed by atoms with Gasteiger partial charge in [-0.1, -0.05) is 109 Å². The number of para-hydroxylation sites is 1. The Bertz CT molecular complexity index is 2540. The van der Waals surface area contributed by atoms with E-state index in [2.05, 4.69) is 17.1 Å². The number of hydrogen-bond donors (Lipinski definition) is 2. The van der Waals surface area contributed by atoms with Gasteiger partial charge in [-0.3, -0.25) is 0 Å². The van der Waals surface area contributed by atoms with E-state index in [0.29, 0.717) is 11.3 Å². The number of carboxylic acid groups (broad SMARTS) is 1. The standard InChI is InChI=1S/C45H32N4O2/c50-44(51)45-42(31-15-7-2-8-16-31)39-26-25-36(48-39)28-35-22-21-33(46-35)27-34-23-24-37(47-34)29-40(49(45)38-19-11-4-12-20-38)41(30-13-5-1-6-14-30)43(45)32-17-9-3-10-18-32/h1-29,43,46H,(H,50,51)/b33-27-,35-28-,37-29-,42-39-. The lowest BCUT2D eigenvalue weighted by Crippen LogP contribution is -2.56. The van der Waals surface area contributed by atoms with Crippen LogP contribution in [-0.2, 0) is 4.79 Å². The summed E-state index contributed by atoms with van der Waals surface area (Å²) in [6, 6.07) is 43.9. The molecule has 8 bridgehead atoms. The van der Waals surface area contributed by atoms with Gasteiger partial charge in [-0.05, 0) is 89.1 Å². The number of hydrogen-bond acceptors (Lipinski definition) is 4. The Morgan fingerprint density at radius 2 is 1.20 bits per heavy atom. The zero-order chi connectivity index (χ0) is 34.4. The highest BCUT2D eigenvalue weighted by Gasteiger charge is 2.62. The maximum Gasteiger partial charge on any atom is 0.335 e. The van der Waals surface area contributed by atoms with Crippen molar-refractivity contribution in [1.29, 1.82) is 0 Å². The molecule has 2 N–H and O–H groups in total. The van der Waals surface area contributed by atoms with Gasteiger partial charge in [0.15, 0.2) is 5.54 Å². The minimum absolute atomic E-state index is 0.588. The number of H-pyrrole nitrogens is 1. The van der Waals surface area contributed by atoms with Crippen molar-refractivity contribution in [3.63, 3.8) is 0 Å². The van der Waals surface area contributed by atoms with Crippen LogP contribution in [0.1, 0.15) is 22.6 Å². The zero-order valence-electron chi connectivity index (χ0n) is 27.5. The molecular weight excluding hydrogens is 629 g/mol. The van der Waals surface area contributed by atoms with Crippen molar-refractivity contribution < 1.29 is 9.90 Å². The topological polar surface area (TPSA) is 81.0 Å². The van der Waals surface area contributed by atoms with E-state index < -0.39 is 17.4 Å². The van der Waals surface area contributed by atoms with Gasteiger partial charge in [0.2, 0.25) is 0 Å². The Balaban J connectivity index is 1.51. The monoisotopic (exact) mass is 660 g/mol. The van der Waals surface area contributed by atoms with E-state index in [0.717, 1.165) is 61.5 Å². The molecule has 0 saturated carbocycles. The molecule has 2 unspecified atom stereocenters. The highest BCUT2D eigenvalue weighted by atomic mass is 16.4. The third kappa shape index (κ3) is 5.08. The van der Waals surface area contributed by atoms with Gasteiger partial charge in [-0.15, -0.1) is 0 Å². The molecule has 1 aromatic heterocycles. The average Bonchev–Trinajstić information content (AvgIpc) is 3.97. The number of nitrogens with one attached hydrogen (secondary N) is 1. The predicted octanol–water partition coefficient (Wildman–Crippen LogP) is 7.44. The van der Waals surface area contributed by atoms with Crippen molar-refractivity contribution in [3.05, 3.63) is 208 Å². The van der Waals surface area contributed by atoms with Crippen LogP contribution in [0.4, 0.5) is 5.69 Å². The first-order chi connectivity index (χ1) is 25.1. The molecule has 0 aliphatic carbocycles. The van der Waals surface area contributed by atoms with Crippen LogP contribution in [0.5, 0.6) is 0 Å². The summed E-state index contributed by atoms with van der Waals surface area (Å²) in [4.78, 5) is 30.7. The number of anilines is 1.